The van der Waals surface area contributed by atoms with Gasteiger partial charge in [-0.3, -0.25) is 9.59 Å². The van der Waals surface area contributed by atoms with Gasteiger partial charge in [0.1, 0.15) is 12.2 Å². The van der Waals surface area contributed by atoms with Crippen molar-refractivity contribution in [3.8, 4) is 0 Å². The van der Waals surface area contributed by atoms with Gasteiger partial charge >= 0.3 is 11.9 Å². The monoisotopic (exact) mass is 400 g/mol. The van der Waals surface area contributed by atoms with Crippen molar-refractivity contribution in [3.63, 3.8) is 0 Å². The summed E-state index contributed by atoms with van der Waals surface area (Å²) < 4.78 is 11.7. The summed E-state index contributed by atoms with van der Waals surface area (Å²) in [4.78, 5) is 26.5. The Balaban J connectivity index is 1.79. The van der Waals surface area contributed by atoms with Gasteiger partial charge in [0.15, 0.2) is 5.92 Å². The van der Waals surface area contributed by atoms with Crippen LogP contribution in [0.4, 0.5) is 0 Å². The zero-order valence-corrected chi connectivity index (χ0v) is 17.8. The third kappa shape index (κ3) is 6.32. The molecule has 0 saturated heterocycles. The summed E-state index contributed by atoms with van der Waals surface area (Å²) in [6, 6.07) is 9.91. The van der Waals surface area contributed by atoms with Crippen LogP contribution in [-0.4, -0.2) is 24.1 Å². The number of carbonyl (C=O) groups excluding carboxylic acids is 2. The van der Waals surface area contributed by atoms with Crippen molar-refractivity contribution >= 4 is 11.9 Å². The quantitative estimate of drug-likeness (QED) is 0.400. The van der Waals surface area contributed by atoms with Crippen molar-refractivity contribution in [1.82, 2.24) is 0 Å². The molecule has 0 amide bonds. The zero-order chi connectivity index (χ0) is 20.5. The first-order chi connectivity index (χ1) is 14.2. The van der Waals surface area contributed by atoms with Crippen LogP contribution in [0.5, 0.6) is 0 Å². The molecule has 1 atom stereocenters. The number of hydrogen-bond acceptors (Lipinski definition) is 4. The largest absolute Gasteiger partial charge is 0.462 e. The number of benzene rings is 1. The molecule has 160 valence electrons. The molecular weight excluding hydrogens is 364 g/mol. The van der Waals surface area contributed by atoms with Crippen LogP contribution in [0.2, 0.25) is 0 Å². The van der Waals surface area contributed by atoms with E-state index in [4.69, 9.17) is 9.47 Å². The predicted molar refractivity (Wildman–Crippen MR) is 114 cm³/mol. The van der Waals surface area contributed by atoms with Gasteiger partial charge < -0.3 is 9.47 Å². The molecule has 4 heteroatoms. The summed E-state index contributed by atoms with van der Waals surface area (Å²) in [6.45, 7) is 2.09. The Hall–Kier alpha value is -1.84. The van der Waals surface area contributed by atoms with Crippen molar-refractivity contribution in [2.45, 2.75) is 102 Å². The highest BCUT2D eigenvalue weighted by Crippen LogP contribution is 2.34. The minimum absolute atomic E-state index is 0.0562. The average Bonchev–Trinajstić information content (AvgIpc) is 2.75. The Labute approximate surface area is 175 Å². The molecule has 29 heavy (non-hydrogen) atoms. The number of ether oxygens (including phenoxy) is 2. The van der Waals surface area contributed by atoms with Crippen LogP contribution in [0.25, 0.3) is 0 Å². The fourth-order valence-corrected chi connectivity index (χ4v) is 4.80. The summed E-state index contributed by atoms with van der Waals surface area (Å²) in [7, 11) is 0. The van der Waals surface area contributed by atoms with Gasteiger partial charge in [-0.1, -0.05) is 56.5 Å². The molecule has 0 radical (unpaired) electrons. The number of rotatable bonds is 8. The molecule has 0 bridgehead atoms. The smallest absolute Gasteiger partial charge is 0.321 e. The first kappa shape index (κ1) is 21.9. The van der Waals surface area contributed by atoms with Gasteiger partial charge in [0.25, 0.3) is 0 Å². The molecule has 0 spiro atoms. The lowest BCUT2D eigenvalue weighted by molar-refractivity contribution is -0.171. The Morgan fingerprint density at radius 2 is 1.31 bits per heavy atom. The van der Waals surface area contributed by atoms with E-state index in [1.165, 1.54) is 12.8 Å². The number of esters is 2. The normalized spacial score (nSPS) is 19.7. The molecule has 1 aromatic carbocycles. The van der Waals surface area contributed by atoms with Crippen LogP contribution in [0.15, 0.2) is 30.3 Å². The highest BCUT2D eigenvalue weighted by molar-refractivity contribution is 5.96. The number of hydrogen-bond donors (Lipinski definition) is 0. The maximum Gasteiger partial charge on any atom is 0.321 e. The zero-order valence-electron chi connectivity index (χ0n) is 17.8. The summed E-state index contributed by atoms with van der Waals surface area (Å²) in [6.07, 6.45) is 11.9. The lowest BCUT2D eigenvalue weighted by Gasteiger charge is -2.30. The molecule has 0 heterocycles. The van der Waals surface area contributed by atoms with E-state index in [0.717, 1.165) is 69.8 Å². The van der Waals surface area contributed by atoms with E-state index in [1.807, 2.05) is 30.3 Å². The standard InChI is InChI=1S/C25H36O4/c1-2-12-22(19-13-6-3-7-14-19)23(24(26)28-20-15-8-4-9-16-20)25(27)29-21-17-10-5-11-18-21/h3,6-7,13-14,20-23H,2,4-5,8-12,15-18H2,1H3. The Morgan fingerprint density at radius 3 is 1.76 bits per heavy atom. The van der Waals surface area contributed by atoms with Crippen LogP contribution < -0.4 is 0 Å². The van der Waals surface area contributed by atoms with E-state index >= 15 is 0 Å². The Morgan fingerprint density at radius 1 is 0.828 bits per heavy atom. The van der Waals surface area contributed by atoms with E-state index in [-0.39, 0.29) is 30.1 Å². The molecule has 3 rings (SSSR count). The molecular formula is C25H36O4. The van der Waals surface area contributed by atoms with Gasteiger partial charge in [-0.15, -0.1) is 0 Å². The maximum absolute atomic E-state index is 13.3. The van der Waals surface area contributed by atoms with Gasteiger partial charge in [0.2, 0.25) is 0 Å². The van der Waals surface area contributed by atoms with Crippen LogP contribution in [0, 0.1) is 5.92 Å². The van der Waals surface area contributed by atoms with Crippen LogP contribution in [-0.2, 0) is 19.1 Å². The van der Waals surface area contributed by atoms with Crippen molar-refractivity contribution < 1.29 is 19.1 Å². The predicted octanol–water partition coefficient (Wildman–Crippen LogP) is 5.94. The van der Waals surface area contributed by atoms with E-state index in [1.54, 1.807) is 0 Å². The highest BCUT2D eigenvalue weighted by Gasteiger charge is 2.40. The lowest BCUT2D eigenvalue weighted by Crippen LogP contribution is -2.38. The van der Waals surface area contributed by atoms with E-state index in [0.29, 0.717) is 0 Å². The Kier molecular flexibility index (Phi) is 8.57. The van der Waals surface area contributed by atoms with Gasteiger partial charge in [0, 0.05) is 5.92 Å². The first-order valence-electron chi connectivity index (χ1n) is 11.6. The summed E-state index contributed by atoms with van der Waals surface area (Å²) in [5, 5.41) is 0. The minimum atomic E-state index is -0.874. The molecule has 0 aromatic heterocycles. The van der Waals surface area contributed by atoms with E-state index in [9.17, 15) is 9.59 Å². The molecule has 4 nitrogen and oxygen atoms in total. The fraction of sp³-hybridized carbons (Fsp3) is 0.680. The van der Waals surface area contributed by atoms with Crippen molar-refractivity contribution in [2.24, 2.45) is 5.92 Å². The second kappa shape index (κ2) is 11.4. The van der Waals surface area contributed by atoms with Gasteiger partial charge in [-0.25, -0.2) is 0 Å². The highest BCUT2D eigenvalue weighted by atomic mass is 16.6. The van der Waals surface area contributed by atoms with E-state index in [2.05, 4.69) is 6.92 Å². The van der Waals surface area contributed by atoms with Gasteiger partial charge in [0.05, 0.1) is 0 Å². The van der Waals surface area contributed by atoms with Crippen molar-refractivity contribution in [3.05, 3.63) is 35.9 Å². The molecule has 1 unspecified atom stereocenters. The summed E-state index contributed by atoms with van der Waals surface area (Å²) in [5.41, 5.74) is 1.01. The Bertz CT molecular complexity index is 597. The summed E-state index contributed by atoms with van der Waals surface area (Å²) in [5.74, 6) is -1.85. The molecule has 2 saturated carbocycles. The lowest BCUT2D eigenvalue weighted by atomic mass is 9.82. The van der Waals surface area contributed by atoms with Crippen molar-refractivity contribution in [1.29, 1.82) is 0 Å². The number of carbonyl (C=O) groups is 2. The second-order valence-electron chi connectivity index (χ2n) is 8.68. The molecule has 2 aliphatic rings. The van der Waals surface area contributed by atoms with Crippen LogP contribution in [0.1, 0.15) is 95.5 Å². The molecule has 2 fully saturated rings. The SMILES string of the molecule is CCCC(c1ccccc1)C(C(=O)OC1CCCCC1)C(=O)OC1CCCCC1. The fourth-order valence-electron chi connectivity index (χ4n) is 4.80. The second-order valence-corrected chi connectivity index (χ2v) is 8.68. The van der Waals surface area contributed by atoms with Gasteiger partial charge in [-0.05, 0) is 63.4 Å². The molecule has 2 aliphatic carbocycles. The van der Waals surface area contributed by atoms with Gasteiger partial charge in [-0.2, -0.15) is 0 Å². The molecule has 0 aliphatic heterocycles. The third-order valence-electron chi connectivity index (χ3n) is 6.41. The maximum atomic E-state index is 13.3. The third-order valence-corrected chi connectivity index (χ3v) is 6.41. The van der Waals surface area contributed by atoms with Crippen LogP contribution in [0.3, 0.4) is 0 Å². The minimum Gasteiger partial charge on any atom is -0.462 e. The van der Waals surface area contributed by atoms with E-state index < -0.39 is 5.92 Å². The van der Waals surface area contributed by atoms with Crippen LogP contribution >= 0.6 is 0 Å². The first-order valence-corrected chi connectivity index (χ1v) is 11.6. The summed E-state index contributed by atoms with van der Waals surface area (Å²) >= 11 is 0. The molecule has 1 aromatic rings. The topological polar surface area (TPSA) is 52.6 Å². The van der Waals surface area contributed by atoms with Crippen molar-refractivity contribution in [2.75, 3.05) is 0 Å². The molecule has 0 N–H and O–H groups in total. The average molecular weight is 401 g/mol.